The van der Waals surface area contributed by atoms with Crippen molar-refractivity contribution in [3.05, 3.63) is 59.1 Å². The molecule has 0 amide bonds. The first kappa shape index (κ1) is 17.6. The standard InChI is InChI=1S/C15H13ClF3NO2S/c1-2-20(13-7-3-11(4-8-13)15(17,18)19)23(21,22)14-9-5-12(16)6-10-14/h3-10H,2H2,1H3. The molecule has 0 N–H and O–H groups in total. The van der Waals surface area contributed by atoms with Gasteiger partial charge >= 0.3 is 6.18 Å². The first-order chi connectivity index (χ1) is 10.7. The van der Waals surface area contributed by atoms with Gasteiger partial charge in [0, 0.05) is 11.6 Å². The number of hydrogen-bond acceptors (Lipinski definition) is 2. The van der Waals surface area contributed by atoms with Gasteiger partial charge in [0.05, 0.1) is 16.1 Å². The van der Waals surface area contributed by atoms with E-state index in [0.717, 1.165) is 28.6 Å². The van der Waals surface area contributed by atoms with Crippen molar-refractivity contribution < 1.29 is 21.6 Å². The molecule has 0 bridgehead atoms. The summed E-state index contributed by atoms with van der Waals surface area (Å²) in [6.45, 7) is 1.68. The third-order valence-corrected chi connectivity index (χ3v) is 5.34. The first-order valence-corrected chi connectivity index (χ1v) is 8.43. The molecular weight excluding hydrogens is 351 g/mol. The molecule has 8 heteroatoms. The van der Waals surface area contributed by atoms with Crippen molar-refractivity contribution in [1.82, 2.24) is 0 Å². The lowest BCUT2D eigenvalue weighted by Crippen LogP contribution is -2.30. The highest BCUT2D eigenvalue weighted by Gasteiger charge is 2.31. The van der Waals surface area contributed by atoms with E-state index in [9.17, 15) is 21.6 Å². The average molecular weight is 364 g/mol. The van der Waals surface area contributed by atoms with E-state index < -0.39 is 21.8 Å². The normalized spacial score (nSPS) is 12.2. The Bertz CT molecular complexity index is 772. The molecule has 0 saturated carbocycles. The second kappa shape index (κ2) is 6.41. The summed E-state index contributed by atoms with van der Waals surface area (Å²) < 4.78 is 64.1. The molecule has 0 aliphatic rings. The summed E-state index contributed by atoms with van der Waals surface area (Å²) in [5, 5.41) is 0.390. The molecule has 124 valence electrons. The number of halogens is 4. The molecule has 2 aromatic carbocycles. The molecular formula is C15H13ClF3NO2S. The molecule has 0 fully saturated rings. The molecule has 3 nitrogen and oxygen atoms in total. The van der Waals surface area contributed by atoms with E-state index in [1.165, 1.54) is 24.3 Å². The van der Waals surface area contributed by atoms with Crippen LogP contribution in [0.15, 0.2) is 53.4 Å². The summed E-state index contributed by atoms with van der Waals surface area (Å²) in [6, 6.07) is 9.57. The van der Waals surface area contributed by atoms with E-state index in [1.54, 1.807) is 6.92 Å². The molecule has 0 atom stereocenters. The average Bonchev–Trinajstić information content (AvgIpc) is 2.48. The van der Waals surface area contributed by atoms with Crippen molar-refractivity contribution >= 4 is 27.3 Å². The van der Waals surface area contributed by atoms with Crippen LogP contribution >= 0.6 is 11.6 Å². The first-order valence-electron chi connectivity index (χ1n) is 6.62. The third kappa shape index (κ3) is 3.79. The van der Waals surface area contributed by atoms with Crippen LogP contribution in [0.2, 0.25) is 5.02 Å². The van der Waals surface area contributed by atoms with E-state index in [0.29, 0.717) is 5.02 Å². The minimum Gasteiger partial charge on any atom is -0.267 e. The zero-order valence-electron chi connectivity index (χ0n) is 12.0. The predicted octanol–water partition coefficient (Wildman–Crippen LogP) is 4.57. The Balaban J connectivity index is 2.41. The maximum absolute atomic E-state index is 12.6. The summed E-state index contributed by atoms with van der Waals surface area (Å²) in [6.07, 6.45) is -4.47. The third-order valence-electron chi connectivity index (χ3n) is 3.17. The summed E-state index contributed by atoms with van der Waals surface area (Å²) >= 11 is 5.74. The number of sulfonamides is 1. The summed E-state index contributed by atoms with van der Waals surface area (Å²) in [5.74, 6) is 0. The molecule has 0 radical (unpaired) electrons. The number of alkyl halides is 3. The van der Waals surface area contributed by atoms with Crippen LogP contribution in [0.25, 0.3) is 0 Å². The van der Waals surface area contributed by atoms with Gasteiger partial charge in [0.2, 0.25) is 0 Å². The lowest BCUT2D eigenvalue weighted by molar-refractivity contribution is -0.137. The van der Waals surface area contributed by atoms with Gasteiger partial charge in [-0.25, -0.2) is 8.42 Å². The molecule has 0 spiro atoms. The van der Waals surface area contributed by atoms with Crippen molar-refractivity contribution in [3.63, 3.8) is 0 Å². The highest BCUT2D eigenvalue weighted by Crippen LogP contribution is 2.31. The topological polar surface area (TPSA) is 37.4 Å². The van der Waals surface area contributed by atoms with Crippen LogP contribution in [0.3, 0.4) is 0 Å². The van der Waals surface area contributed by atoms with Crippen LogP contribution in [0, 0.1) is 0 Å². The van der Waals surface area contributed by atoms with E-state index in [4.69, 9.17) is 11.6 Å². The largest absolute Gasteiger partial charge is 0.416 e. The van der Waals surface area contributed by atoms with Crippen molar-refractivity contribution in [3.8, 4) is 0 Å². The van der Waals surface area contributed by atoms with Gasteiger partial charge in [-0.3, -0.25) is 4.31 Å². The monoisotopic (exact) mass is 363 g/mol. The zero-order valence-corrected chi connectivity index (χ0v) is 13.6. The van der Waals surface area contributed by atoms with Crippen LogP contribution in [0.4, 0.5) is 18.9 Å². The SMILES string of the molecule is CCN(c1ccc(C(F)(F)F)cc1)S(=O)(=O)c1ccc(Cl)cc1. The number of rotatable bonds is 4. The number of anilines is 1. The van der Waals surface area contributed by atoms with Gasteiger partial charge < -0.3 is 0 Å². The van der Waals surface area contributed by atoms with Crippen molar-refractivity contribution in [2.75, 3.05) is 10.8 Å². The van der Waals surface area contributed by atoms with Gasteiger partial charge in [0.1, 0.15) is 0 Å². The fraction of sp³-hybridized carbons (Fsp3) is 0.200. The Labute approximate surface area is 137 Å². The van der Waals surface area contributed by atoms with Crippen LogP contribution in [0.5, 0.6) is 0 Å². The van der Waals surface area contributed by atoms with E-state index in [1.807, 2.05) is 0 Å². The van der Waals surface area contributed by atoms with Crippen molar-refractivity contribution in [2.24, 2.45) is 0 Å². The number of hydrogen-bond donors (Lipinski definition) is 0. The second-order valence-corrected chi connectivity index (χ2v) is 6.97. The van der Waals surface area contributed by atoms with Gasteiger partial charge in [0.15, 0.2) is 0 Å². The van der Waals surface area contributed by atoms with Crippen molar-refractivity contribution in [2.45, 2.75) is 18.0 Å². The van der Waals surface area contributed by atoms with E-state index in [-0.39, 0.29) is 17.1 Å². The van der Waals surface area contributed by atoms with Gasteiger partial charge in [0.25, 0.3) is 10.0 Å². The Hall–Kier alpha value is -1.73. The Morgan fingerprint density at radius 2 is 1.52 bits per heavy atom. The van der Waals surface area contributed by atoms with Crippen LogP contribution in [0.1, 0.15) is 12.5 Å². The van der Waals surface area contributed by atoms with Crippen LogP contribution in [-0.4, -0.2) is 15.0 Å². The fourth-order valence-corrected chi connectivity index (χ4v) is 3.64. The summed E-state index contributed by atoms with van der Waals surface area (Å²) in [5.41, 5.74) is -0.670. The zero-order chi connectivity index (χ0) is 17.3. The molecule has 2 aromatic rings. The highest BCUT2D eigenvalue weighted by atomic mass is 35.5. The fourth-order valence-electron chi connectivity index (χ4n) is 2.04. The van der Waals surface area contributed by atoms with Gasteiger partial charge in [-0.1, -0.05) is 11.6 Å². The second-order valence-electron chi connectivity index (χ2n) is 4.67. The highest BCUT2D eigenvalue weighted by molar-refractivity contribution is 7.92. The maximum Gasteiger partial charge on any atom is 0.416 e. The molecule has 0 unspecified atom stereocenters. The molecule has 0 aliphatic carbocycles. The van der Waals surface area contributed by atoms with Crippen LogP contribution < -0.4 is 4.31 Å². The van der Waals surface area contributed by atoms with Gasteiger partial charge in [-0.05, 0) is 55.5 Å². The predicted molar refractivity (Wildman–Crippen MR) is 83.1 cm³/mol. The summed E-state index contributed by atoms with van der Waals surface area (Å²) in [4.78, 5) is 0.0173. The molecule has 23 heavy (non-hydrogen) atoms. The summed E-state index contributed by atoms with van der Waals surface area (Å²) in [7, 11) is -3.88. The smallest absolute Gasteiger partial charge is 0.267 e. The van der Waals surface area contributed by atoms with E-state index >= 15 is 0 Å². The number of nitrogens with zero attached hydrogens (tertiary/aromatic N) is 1. The minimum absolute atomic E-state index is 0.0173. The molecule has 0 heterocycles. The quantitative estimate of drug-likeness (QED) is 0.797. The van der Waals surface area contributed by atoms with Gasteiger partial charge in [-0.15, -0.1) is 0 Å². The molecule has 0 aliphatic heterocycles. The lowest BCUT2D eigenvalue weighted by Gasteiger charge is -2.23. The van der Waals surface area contributed by atoms with Crippen molar-refractivity contribution in [1.29, 1.82) is 0 Å². The molecule has 2 rings (SSSR count). The van der Waals surface area contributed by atoms with Gasteiger partial charge in [-0.2, -0.15) is 13.2 Å². The maximum atomic E-state index is 12.6. The molecule has 0 aromatic heterocycles. The van der Waals surface area contributed by atoms with E-state index in [2.05, 4.69) is 0 Å². The lowest BCUT2D eigenvalue weighted by atomic mass is 10.2. The minimum atomic E-state index is -4.47. The van der Waals surface area contributed by atoms with Crippen LogP contribution in [-0.2, 0) is 16.2 Å². The Morgan fingerprint density at radius 1 is 1.00 bits per heavy atom. The Kier molecular flexibility index (Phi) is 4.91. The Morgan fingerprint density at radius 3 is 1.96 bits per heavy atom. The number of benzene rings is 2. The molecule has 0 saturated heterocycles.